The molecular formula is C30H44N6O3. The van der Waals surface area contributed by atoms with Gasteiger partial charge in [0.2, 0.25) is 0 Å². The molecule has 3 aromatic heterocycles. The second-order valence-electron chi connectivity index (χ2n) is 10.8. The van der Waals surface area contributed by atoms with Gasteiger partial charge in [0.1, 0.15) is 34.7 Å². The van der Waals surface area contributed by atoms with E-state index in [4.69, 9.17) is 0 Å². The Morgan fingerprint density at radius 2 is 1.13 bits per heavy atom. The first-order valence-corrected chi connectivity index (χ1v) is 13.4. The molecule has 0 radical (unpaired) electrons. The molecule has 3 N–H and O–H groups in total. The number of pyridine rings is 3. The summed E-state index contributed by atoms with van der Waals surface area (Å²) in [6.07, 6.45) is 3.18. The van der Waals surface area contributed by atoms with Crippen LogP contribution in [0.2, 0.25) is 0 Å². The van der Waals surface area contributed by atoms with Crippen molar-refractivity contribution in [1.82, 2.24) is 15.0 Å². The number of aryl methyl sites for hydroxylation is 4. The number of nitrogens with zero attached hydrogens (tertiary/aromatic N) is 6. The second-order valence-corrected chi connectivity index (χ2v) is 10.8. The van der Waals surface area contributed by atoms with Crippen molar-refractivity contribution in [1.29, 1.82) is 0 Å². The number of anilines is 3. The van der Waals surface area contributed by atoms with E-state index in [1.54, 1.807) is 6.92 Å². The van der Waals surface area contributed by atoms with Crippen molar-refractivity contribution in [2.45, 2.75) is 60.8 Å². The van der Waals surface area contributed by atoms with Crippen LogP contribution in [0, 0.1) is 41.5 Å². The van der Waals surface area contributed by atoms with Crippen LogP contribution < -0.4 is 14.7 Å². The first-order valence-electron chi connectivity index (χ1n) is 13.4. The maximum Gasteiger partial charge on any atom is 0.140 e. The fraction of sp³-hybridized carbons (Fsp3) is 0.500. The van der Waals surface area contributed by atoms with Gasteiger partial charge in [0.05, 0.1) is 17.1 Å². The van der Waals surface area contributed by atoms with Crippen molar-refractivity contribution in [3.63, 3.8) is 0 Å². The van der Waals surface area contributed by atoms with Crippen LogP contribution in [0.4, 0.5) is 17.5 Å². The molecule has 0 spiro atoms. The first kappa shape index (κ1) is 29.8. The molecule has 39 heavy (non-hydrogen) atoms. The van der Waals surface area contributed by atoms with E-state index in [0.29, 0.717) is 22.9 Å². The molecule has 5 heterocycles. The zero-order valence-electron chi connectivity index (χ0n) is 25.1. The van der Waals surface area contributed by atoms with Crippen molar-refractivity contribution in [3.05, 3.63) is 51.0 Å². The summed E-state index contributed by atoms with van der Waals surface area (Å²) in [7, 11) is 7.95. The molecule has 0 fully saturated rings. The molecule has 0 aliphatic carbocycles. The molecular weight excluding hydrogens is 492 g/mol. The van der Waals surface area contributed by atoms with Crippen LogP contribution in [-0.4, -0.2) is 71.6 Å². The fourth-order valence-electron chi connectivity index (χ4n) is 4.97. The number of likely N-dealkylation sites (N-methyl/N-ethyl adjacent to an activating group) is 1. The monoisotopic (exact) mass is 536 g/mol. The predicted molar refractivity (Wildman–Crippen MR) is 159 cm³/mol. The van der Waals surface area contributed by atoms with Crippen molar-refractivity contribution in [2.75, 3.05) is 56.0 Å². The molecule has 0 amide bonds. The molecule has 0 bridgehead atoms. The van der Waals surface area contributed by atoms with E-state index in [0.717, 1.165) is 77.9 Å². The Morgan fingerprint density at radius 1 is 0.667 bits per heavy atom. The van der Waals surface area contributed by atoms with Crippen LogP contribution >= 0.6 is 0 Å². The molecule has 0 atom stereocenters. The fourth-order valence-corrected chi connectivity index (χ4v) is 4.97. The van der Waals surface area contributed by atoms with Crippen LogP contribution in [0.15, 0.2) is 6.07 Å². The Morgan fingerprint density at radius 3 is 1.62 bits per heavy atom. The van der Waals surface area contributed by atoms with Gasteiger partial charge in [-0.15, -0.1) is 0 Å². The summed E-state index contributed by atoms with van der Waals surface area (Å²) in [5.41, 5.74) is 7.41. The van der Waals surface area contributed by atoms with Gasteiger partial charge in [0.25, 0.3) is 0 Å². The Balaban J connectivity index is 0.000000162. The van der Waals surface area contributed by atoms with Gasteiger partial charge in [0.15, 0.2) is 0 Å². The Hall–Kier alpha value is -3.75. The van der Waals surface area contributed by atoms with Gasteiger partial charge in [-0.25, -0.2) is 15.0 Å². The van der Waals surface area contributed by atoms with E-state index in [-0.39, 0.29) is 0 Å². The standard InChI is InChI=1S/C11H16N2O.C10H14N2O.C9H14N2O/c1-7-9-5-4-6-13(3)11(9)12-8(2)10(7)14;1-6-8-4-5-12(3)10(8)11-7(2)9(6)13;1-6-5-8(11(3)4)10-7(2)9(6)12/h14H,4-6H2,1-3H3;13H,4-5H2,1-3H3;5,12H,1-4H3. The first-order chi connectivity index (χ1) is 18.2. The molecule has 212 valence electrons. The molecule has 0 aromatic carbocycles. The van der Waals surface area contributed by atoms with E-state index in [2.05, 4.69) is 31.8 Å². The lowest BCUT2D eigenvalue weighted by Gasteiger charge is -2.28. The highest BCUT2D eigenvalue weighted by atomic mass is 16.3. The SMILES string of the molecule is Cc1cc(N(C)C)nc(C)c1O.Cc1nc2c(c(C)c1O)CCCN2C.Cc1nc2c(c(C)c1O)CCN2C. The second kappa shape index (κ2) is 12.0. The van der Waals surface area contributed by atoms with Gasteiger partial charge in [-0.3, -0.25) is 0 Å². The number of rotatable bonds is 1. The summed E-state index contributed by atoms with van der Waals surface area (Å²) in [6.45, 7) is 13.4. The molecule has 0 unspecified atom stereocenters. The van der Waals surface area contributed by atoms with Crippen LogP contribution in [-0.2, 0) is 12.8 Å². The molecule has 5 rings (SSSR count). The summed E-state index contributed by atoms with van der Waals surface area (Å²) in [4.78, 5) is 19.2. The summed E-state index contributed by atoms with van der Waals surface area (Å²) >= 11 is 0. The van der Waals surface area contributed by atoms with Crippen molar-refractivity contribution >= 4 is 17.5 Å². The quantitative estimate of drug-likeness (QED) is 0.409. The van der Waals surface area contributed by atoms with Gasteiger partial charge >= 0.3 is 0 Å². The minimum absolute atomic E-state index is 0.292. The van der Waals surface area contributed by atoms with Crippen LogP contribution in [0.5, 0.6) is 17.2 Å². The predicted octanol–water partition coefficient (Wildman–Crippen LogP) is 4.65. The van der Waals surface area contributed by atoms with Crippen molar-refractivity contribution in [3.8, 4) is 17.2 Å². The molecule has 3 aromatic rings. The zero-order chi connectivity index (χ0) is 29.2. The summed E-state index contributed by atoms with van der Waals surface area (Å²) in [5.74, 6) is 3.97. The maximum absolute atomic E-state index is 9.77. The van der Waals surface area contributed by atoms with Gasteiger partial charge in [0, 0.05) is 52.4 Å². The topological polar surface area (TPSA) is 109 Å². The number of aromatic nitrogens is 3. The van der Waals surface area contributed by atoms with Crippen molar-refractivity contribution < 1.29 is 15.3 Å². The van der Waals surface area contributed by atoms with Gasteiger partial charge < -0.3 is 30.0 Å². The summed E-state index contributed by atoms with van der Waals surface area (Å²) in [6, 6.07) is 1.86. The molecule has 0 saturated carbocycles. The minimum Gasteiger partial charge on any atom is -0.506 e. The highest BCUT2D eigenvalue weighted by Crippen LogP contribution is 2.34. The normalized spacial score (nSPS) is 13.6. The van der Waals surface area contributed by atoms with Crippen LogP contribution in [0.1, 0.15) is 51.3 Å². The lowest BCUT2D eigenvalue weighted by Crippen LogP contribution is -2.26. The summed E-state index contributed by atoms with van der Waals surface area (Å²) < 4.78 is 0. The lowest BCUT2D eigenvalue weighted by molar-refractivity contribution is 0.461. The Bertz CT molecular complexity index is 1330. The number of hydrogen-bond donors (Lipinski definition) is 3. The van der Waals surface area contributed by atoms with Gasteiger partial charge in [-0.05, 0) is 83.6 Å². The van der Waals surface area contributed by atoms with Crippen LogP contribution in [0.25, 0.3) is 0 Å². The highest BCUT2D eigenvalue weighted by Gasteiger charge is 2.22. The van der Waals surface area contributed by atoms with Gasteiger partial charge in [-0.1, -0.05) is 0 Å². The van der Waals surface area contributed by atoms with E-state index in [1.165, 1.54) is 11.1 Å². The minimum atomic E-state index is 0.292. The third kappa shape index (κ3) is 6.29. The van der Waals surface area contributed by atoms with E-state index >= 15 is 0 Å². The maximum atomic E-state index is 9.77. The Labute approximate surface area is 232 Å². The highest BCUT2D eigenvalue weighted by molar-refractivity contribution is 5.60. The molecule has 9 nitrogen and oxygen atoms in total. The smallest absolute Gasteiger partial charge is 0.140 e. The molecule has 2 aliphatic rings. The van der Waals surface area contributed by atoms with Crippen molar-refractivity contribution in [2.24, 2.45) is 0 Å². The zero-order valence-corrected chi connectivity index (χ0v) is 25.1. The number of aromatic hydroxyl groups is 3. The van der Waals surface area contributed by atoms with E-state index in [1.807, 2.05) is 66.7 Å². The average Bonchev–Trinajstić information content (AvgIpc) is 3.26. The Kier molecular flexibility index (Phi) is 9.14. The molecule has 2 aliphatic heterocycles. The number of hydrogen-bond acceptors (Lipinski definition) is 9. The third-order valence-electron chi connectivity index (χ3n) is 7.53. The summed E-state index contributed by atoms with van der Waals surface area (Å²) in [5, 5.41) is 28.9. The molecule has 9 heteroatoms. The number of fused-ring (bicyclic) bond motifs is 2. The van der Waals surface area contributed by atoms with Crippen LogP contribution in [0.3, 0.4) is 0 Å². The largest absolute Gasteiger partial charge is 0.506 e. The average molecular weight is 537 g/mol. The van der Waals surface area contributed by atoms with E-state index < -0.39 is 0 Å². The van der Waals surface area contributed by atoms with E-state index in [9.17, 15) is 15.3 Å². The third-order valence-corrected chi connectivity index (χ3v) is 7.53. The molecule has 0 saturated heterocycles. The lowest BCUT2D eigenvalue weighted by atomic mass is 9.99. The van der Waals surface area contributed by atoms with Gasteiger partial charge in [-0.2, -0.15) is 0 Å².